The van der Waals surface area contributed by atoms with Crippen molar-refractivity contribution in [1.82, 2.24) is 5.32 Å². The molecule has 1 rings (SSSR count). The number of carbonyl (C=O) groups is 1. The van der Waals surface area contributed by atoms with Crippen molar-refractivity contribution in [3.63, 3.8) is 0 Å². The zero-order valence-corrected chi connectivity index (χ0v) is 3.89. The zero-order valence-electron chi connectivity index (χ0n) is 3.89. The van der Waals surface area contributed by atoms with Crippen molar-refractivity contribution < 1.29 is 9.53 Å². The van der Waals surface area contributed by atoms with Gasteiger partial charge in [0.05, 0.1) is 19.4 Å². The maximum absolute atomic E-state index is 9.86. The van der Waals surface area contributed by atoms with Crippen LogP contribution < -0.4 is 5.32 Å². The minimum Gasteiger partial charge on any atom is -0.364 e. The molecule has 1 fully saturated rings. The second kappa shape index (κ2) is 2.04. The van der Waals surface area contributed by atoms with E-state index in [0.717, 1.165) is 6.29 Å². The van der Waals surface area contributed by atoms with Crippen molar-refractivity contribution in [3.05, 3.63) is 0 Å². The van der Waals surface area contributed by atoms with Crippen LogP contribution in [0.3, 0.4) is 0 Å². The van der Waals surface area contributed by atoms with Gasteiger partial charge in [0.25, 0.3) is 0 Å². The number of carbonyl (C=O) groups excluding carboxylic acids is 1. The standard InChI is InChI=1S/C4H7NO2/c6-1-4-2-7-3-5-4/h1,4-5H,2-3H2/t4-/m1/s1. The van der Waals surface area contributed by atoms with E-state index in [1.807, 2.05) is 0 Å². The molecule has 3 nitrogen and oxygen atoms in total. The Morgan fingerprint density at radius 3 is 3.00 bits per heavy atom. The molecule has 1 N–H and O–H groups in total. The molecule has 0 aromatic carbocycles. The molecule has 1 atom stereocenters. The van der Waals surface area contributed by atoms with E-state index in [9.17, 15) is 4.79 Å². The van der Waals surface area contributed by atoms with Crippen LogP contribution in [-0.4, -0.2) is 25.7 Å². The Labute approximate surface area is 41.7 Å². The van der Waals surface area contributed by atoms with Crippen LogP contribution in [0, 0.1) is 0 Å². The summed E-state index contributed by atoms with van der Waals surface area (Å²) in [5.41, 5.74) is 0. The Morgan fingerprint density at radius 2 is 2.71 bits per heavy atom. The molecule has 1 aliphatic heterocycles. The van der Waals surface area contributed by atoms with Crippen molar-refractivity contribution >= 4 is 6.29 Å². The minimum atomic E-state index is -0.0556. The van der Waals surface area contributed by atoms with Gasteiger partial charge in [-0.3, -0.25) is 5.32 Å². The van der Waals surface area contributed by atoms with Crippen molar-refractivity contribution in [2.45, 2.75) is 6.04 Å². The average molecular weight is 101 g/mol. The number of hydrogen-bond acceptors (Lipinski definition) is 3. The predicted molar refractivity (Wildman–Crippen MR) is 23.8 cm³/mol. The molecule has 0 spiro atoms. The molecule has 0 saturated carbocycles. The Morgan fingerprint density at radius 1 is 1.86 bits per heavy atom. The van der Waals surface area contributed by atoms with Gasteiger partial charge >= 0.3 is 0 Å². The molecule has 1 heterocycles. The van der Waals surface area contributed by atoms with Crippen molar-refractivity contribution in [3.8, 4) is 0 Å². The first kappa shape index (κ1) is 4.74. The summed E-state index contributed by atoms with van der Waals surface area (Å²) in [6.45, 7) is 1.05. The maximum Gasteiger partial charge on any atom is 0.139 e. The Kier molecular flexibility index (Phi) is 1.38. The summed E-state index contributed by atoms with van der Waals surface area (Å²) >= 11 is 0. The molecule has 0 aromatic heterocycles. The van der Waals surface area contributed by atoms with Crippen molar-refractivity contribution in [1.29, 1.82) is 0 Å². The summed E-state index contributed by atoms with van der Waals surface area (Å²) < 4.78 is 4.81. The van der Waals surface area contributed by atoms with Crippen LogP contribution in [0.25, 0.3) is 0 Å². The SMILES string of the molecule is O=C[C@@H]1COCN1. The molecular formula is C4H7NO2. The van der Waals surface area contributed by atoms with Gasteiger partial charge in [-0.15, -0.1) is 0 Å². The van der Waals surface area contributed by atoms with E-state index in [2.05, 4.69) is 5.32 Å². The first-order valence-corrected chi connectivity index (χ1v) is 2.20. The highest BCUT2D eigenvalue weighted by atomic mass is 16.5. The third-order valence-corrected chi connectivity index (χ3v) is 0.909. The summed E-state index contributed by atoms with van der Waals surface area (Å²) in [7, 11) is 0. The molecular weight excluding hydrogens is 94.0 g/mol. The van der Waals surface area contributed by atoms with Crippen LogP contribution in [0.2, 0.25) is 0 Å². The lowest BCUT2D eigenvalue weighted by molar-refractivity contribution is -0.109. The number of rotatable bonds is 1. The van der Waals surface area contributed by atoms with Gasteiger partial charge in [-0.25, -0.2) is 0 Å². The average Bonchev–Trinajstić information content (AvgIpc) is 2.14. The van der Waals surface area contributed by atoms with Gasteiger partial charge in [-0.2, -0.15) is 0 Å². The maximum atomic E-state index is 9.86. The van der Waals surface area contributed by atoms with Crippen LogP contribution in [0.15, 0.2) is 0 Å². The van der Waals surface area contributed by atoms with Gasteiger partial charge in [0.2, 0.25) is 0 Å². The van der Waals surface area contributed by atoms with Gasteiger partial charge < -0.3 is 9.53 Å². The largest absolute Gasteiger partial charge is 0.364 e. The third-order valence-electron chi connectivity index (χ3n) is 0.909. The van der Waals surface area contributed by atoms with E-state index < -0.39 is 0 Å². The number of nitrogens with one attached hydrogen (secondary N) is 1. The number of ether oxygens (including phenoxy) is 1. The van der Waals surface area contributed by atoms with Gasteiger partial charge in [-0.1, -0.05) is 0 Å². The lowest BCUT2D eigenvalue weighted by atomic mass is 10.4. The molecule has 0 unspecified atom stereocenters. The van der Waals surface area contributed by atoms with Crippen LogP contribution in [0.5, 0.6) is 0 Å². The molecule has 3 heteroatoms. The third kappa shape index (κ3) is 0.976. The summed E-state index contributed by atoms with van der Waals surface area (Å²) in [5, 5.41) is 2.82. The predicted octanol–water partition coefficient (Wildman–Crippen LogP) is -0.869. The molecule has 7 heavy (non-hydrogen) atoms. The van der Waals surface area contributed by atoms with Crippen LogP contribution in [0.4, 0.5) is 0 Å². The fourth-order valence-corrected chi connectivity index (χ4v) is 0.498. The molecule has 0 amide bonds. The van der Waals surface area contributed by atoms with E-state index in [0.29, 0.717) is 13.3 Å². The summed E-state index contributed by atoms with van der Waals surface area (Å²) in [6.07, 6.45) is 0.854. The highest BCUT2D eigenvalue weighted by molar-refractivity contribution is 5.57. The molecule has 0 aliphatic carbocycles. The van der Waals surface area contributed by atoms with Crippen LogP contribution >= 0.6 is 0 Å². The highest BCUT2D eigenvalue weighted by Crippen LogP contribution is 1.87. The summed E-state index contributed by atoms with van der Waals surface area (Å²) in [6, 6.07) is -0.0556. The Hall–Kier alpha value is -0.410. The molecule has 0 radical (unpaired) electrons. The Balaban J connectivity index is 2.26. The van der Waals surface area contributed by atoms with Gasteiger partial charge in [0, 0.05) is 0 Å². The Bertz CT molecular complexity index is 68.1. The van der Waals surface area contributed by atoms with Crippen LogP contribution in [0.1, 0.15) is 0 Å². The second-order valence-electron chi connectivity index (χ2n) is 1.46. The number of aldehydes is 1. The van der Waals surface area contributed by atoms with Crippen molar-refractivity contribution in [2.75, 3.05) is 13.3 Å². The fraction of sp³-hybridized carbons (Fsp3) is 0.750. The van der Waals surface area contributed by atoms with E-state index in [4.69, 9.17) is 4.74 Å². The fourth-order valence-electron chi connectivity index (χ4n) is 0.498. The second-order valence-corrected chi connectivity index (χ2v) is 1.46. The molecule has 1 saturated heterocycles. The summed E-state index contributed by atoms with van der Waals surface area (Å²) in [4.78, 5) is 9.86. The topological polar surface area (TPSA) is 38.3 Å². The van der Waals surface area contributed by atoms with Gasteiger partial charge in [-0.05, 0) is 0 Å². The van der Waals surface area contributed by atoms with E-state index in [1.165, 1.54) is 0 Å². The first-order valence-electron chi connectivity index (χ1n) is 2.20. The van der Waals surface area contributed by atoms with Gasteiger partial charge in [0.15, 0.2) is 0 Å². The highest BCUT2D eigenvalue weighted by Gasteiger charge is 2.11. The molecule has 0 bridgehead atoms. The molecule has 1 aliphatic rings. The van der Waals surface area contributed by atoms with Crippen molar-refractivity contribution in [2.24, 2.45) is 0 Å². The minimum absolute atomic E-state index is 0.0556. The normalized spacial score (nSPS) is 30.6. The zero-order chi connectivity index (χ0) is 5.11. The summed E-state index contributed by atoms with van der Waals surface area (Å²) in [5.74, 6) is 0. The quantitative estimate of drug-likeness (QED) is 0.436. The lowest BCUT2D eigenvalue weighted by Gasteiger charge is -1.90. The van der Waals surface area contributed by atoms with E-state index in [-0.39, 0.29) is 6.04 Å². The van der Waals surface area contributed by atoms with Crippen LogP contribution in [-0.2, 0) is 9.53 Å². The molecule has 40 valence electrons. The lowest BCUT2D eigenvalue weighted by Crippen LogP contribution is -2.24. The number of hydrogen-bond donors (Lipinski definition) is 1. The smallest absolute Gasteiger partial charge is 0.139 e. The van der Waals surface area contributed by atoms with Gasteiger partial charge in [0.1, 0.15) is 6.29 Å². The first-order chi connectivity index (χ1) is 3.43. The van der Waals surface area contributed by atoms with E-state index in [1.54, 1.807) is 0 Å². The molecule has 0 aromatic rings. The monoisotopic (exact) mass is 101 g/mol. The van der Waals surface area contributed by atoms with E-state index >= 15 is 0 Å².